The maximum atomic E-state index is 13.4. The van der Waals surface area contributed by atoms with Crippen LogP contribution in [0.5, 0.6) is 11.5 Å². The molecule has 1 N–H and O–H groups in total. The van der Waals surface area contributed by atoms with Gasteiger partial charge in [-0.15, -0.1) is 0 Å². The van der Waals surface area contributed by atoms with Crippen LogP contribution in [0.3, 0.4) is 0 Å². The molecule has 0 aliphatic carbocycles. The van der Waals surface area contributed by atoms with Gasteiger partial charge in [-0.25, -0.2) is 8.78 Å². The summed E-state index contributed by atoms with van der Waals surface area (Å²) in [6, 6.07) is 10.2. The highest BCUT2D eigenvalue weighted by atomic mass is 19.1. The molecule has 0 fully saturated rings. The Balaban J connectivity index is 2.22. The van der Waals surface area contributed by atoms with Crippen LogP contribution >= 0.6 is 0 Å². The SMILES string of the molecule is CC(C)(C)NCc1cc(F)ccc1Oc1cccc(F)c1. The Morgan fingerprint density at radius 1 is 1.00 bits per heavy atom. The van der Waals surface area contributed by atoms with Crippen molar-refractivity contribution in [2.45, 2.75) is 32.9 Å². The predicted molar refractivity (Wildman–Crippen MR) is 79.5 cm³/mol. The van der Waals surface area contributed by atoms with Gasteiger partial charge in [0.15, 0.2) is 0 Å². The minimum Gasteiger partial charge on any atom is -0.457 e. The molecule has 112 valence electrons. The molecule has 2 aromatic rings. The molecule has 2 rings (SSSR count). The molecule has 4 heteroatoms. The summed E-state index contributed by atoms with van der Waals surface area (Å²) in [5.41, 5.74) is 0.594. The Morgan fingerprint density at radius 3 is 2.38 bits per heavy atom. The van der Waals surface area contributed by atoms with Crippen LogP contribution in [0.15, 0.2) is 42.5 Å². The van der Waals surface area contributed by atoms with E-state index in [9.17, 15) is 8.78 Å². The van der Waals surface area contributed by atoms with Crippen LogP contribution in [0.1, 0.15) is 26.3 Å². The predicted octanol–water partition coefficient (Wildman–Crippen LogP) is 4.65. The van der Waals surface area contributed by atoms with Gasteiger partial charge in [-0.3, -0.25) is 0 Å². The van der Waals surface area contributed by atoms with Crippen molar-refractivity contribution < 1.29 is 13.5 Å². The summed E-state index contributed by atoms with van der Waals surface area (Å²) < 4.78 is 32.3. The van der Waals surface area contributed by atoms with E-state index in [1.807, 2.05) is 20.8 Å². The molecule has 0 aliphatic heterocycles. The van der Waals surface area contributed by atoms with E-state index in [0.29, 0.717) is 23.6 Å². The maximum Gasteiger partial charge on any atom is 0.132 e. The Morgan fingerprint density at radius 2 is 1.71 bits per heavy atom. The van der Waals surface area contributed by atoms with Crippen LogP contribution in [0, 0.1) is 11.6 Å². The van der Waals surface area contributed by atoms with E-state index in [0.717, 1.165) is 0 Å². The lowest BCUT2D eigenvalue weighted by Gasteiger charge is -2.21. The van der Waals surface area contributed by atoms with Gasteiger partial charge in [0.1, 0.15) is 23.1 Å². The molecular formula is C17H19F2NO. The molecule has 0 amide bonds. The van der Waals surface area contributed by atoms with Crippen molar-refractivity contribution in [1.82, 2.24) is 5.32 Å². The minimum absolute atomic E-state index is 0.0948. The van der Waals surface area contributed by atoms with Gasteiger partial charge in [0.25, 0.3) is 0 Å². The zero-order valence-electron chi connectivity index (χ0n) is 12.4. The highest BCUT2D eigenvalue weighted by Gasteiger charge is 2.12. The van der Waals surface area contributed by atoms with Gasteiger partial charge in [-0.2, -0.15) is 0 Å². The number of benzene rings is 2. The molecule has 2 aromatic carbocycles. The first-order valence-electron chi connectivity index (χ1n) is 6.80. The summed E-state index contributed by atoms with van der Waals surface area (Å²) >= 11 is 0. The van der Waals surface area contributed by atoms with E-state index < -0.39 is 0 Å². The molecule has 0 radical (unpaired) electrons. The Hall–Kier alpha value is -1.94. The Kier molecular flexibility index (Phi) is 4.58. The summed E-state index contributed by atoms with van der Waals surface area (Å²) in [6.45, 7) is 6.55. The molecule has 0 bridgehead atoms. The highest BCUT2D eigenvalue weighted by Crippen LogP contribution is 2.27. The summed E-state index contributed by atoms with van der Waals surface area (Å²) in [5.74, 6) is 0.202. The number of halogens is 2. The standard InChI is InChI=1S/C17H19F2NO/c1-17(2,3)20-11-12-9-14(19)7-8-16(12)21-15-6-4-5-13(18)10-15/h4-10,20H,11H2,1-3H3. The number of hydrogen-bond acceptors (Lipinski definition) is 2. The van der Waals surface area contributed by atoms with Crippen molar-refractivity contribution in [1.29, 1.82) is 0 Å². The van der Waals surface area contributed by atoms with E-state index >= 15 is 0 Å². The van der Waals surface area contributed by atoms with Crippen molar-refractivity contribution in [3.63, 3.8) is 0 Å². The molecular weight excluding hydrogens is 272 g/mol. The Labute approximate surface area is 123 Å². The second kappa shape index (κ2) is 6.22. The van der Waals surface area contributed by atoms with E-state index in [1.54, 1.807) is 18.2 Å². The monoisotopic (exact) mass is 291 g/mol. The normalized spacial score (nSPS) is 11.5. The third-order valence-electron chi connectivity index (χ3n) is 2.86. The summed E-state index contributed by atoms with van der Waals surface area (Å²) in [6.07, 6.45) is 0. The van der Waals surface area contributed by atoms with Crippen molar-refractivity contribution in [3.05, 3.63) is 59.7 Å². The summed E-state index contributed by atoms with van der Waals surface area (Å²) in [7, 11) is 0. The van der Waals surface area contributed by atoms with Crippen LogP contribution < -0.4 is 10.1 Å². The van der Waals surface area contributed by atoms with E-state index in [-0.39, 0.29) is 17.2 Å². The zero-order chi connectivity index (χ0) is 15.5. The van der Waals surface area contributed by atoms with Crippen molar-refractivity contribution in [2.24, 2.45) is 0 Å². The van der Waals surface area contributed by atoms with Gasteiger partial charge in [0, 0.05) is 23.7 Å². The van der Waals surface area contributed by atoms with Gasteiger partial charge in [-0.1, -0.05) is 6.07 Å². The molecule has 0 aliphatic rings. The molecule has 0 saturated heterocycles. The number of hydrogen-bond donors (Lipinski definition) is 1. The van der Waals surface area contributed by atoms with Gasteiger partial charge >= 0.3 is 0 Å². The van der Waals surface area contributed by atoms with E-state index in [2.05, 4.69) is 5.32 Å². The molecule has 0 heterocycles. The fourth-order valence-corrected chi connectivity index (χ4v) is 1.80. The lowest BCUT2D eigenvalue weighted by Crippen LogP contribution is -2.35. The smallest absolute Gasteiger partial charge is 0.132 e. The third kappa shape index (κ3) is 4.83. The molecule has 0 atom stereocenters. The topological polar surface area (TPSA) is 21.3 Å². The first kappa shape index (κ1) is 15.4. The van der Waals surface area contributed by atoms with E-state index in [4.69, 9.17) is 4.74 Å². The molecule has 0 unspecified atom stereocenters. The van der Waals surface area contributed by atoms with Gasteiger partial charge < -0.3 is 10.1 Å². The first-order chi connectivity index (χ1) is 9.83. The minimum atomic E-state index is -0.371. The molecule has 2 nitrogen and oxygen atoms in total. The maximum absolute atomic E-state index is 13.4. The molecule has 0 saturated carbocycles. The van der Waals surface area contributed by atoms with Crippen LogP contribution in [0.25, 0.3) is 0 Å². The van der Waals surface area contributed by atoms with Crippen LogP contribution in [-0.4, -0.2) is 5.54 Å². The lowest BCUT2D eigenvalue weighted by atomic mass is 10.1. The van der Waals surface area contributed by atoms with Gasteiger partial charge in [0.05, 0.1) is 0 Å². The fraction of sp³-hybridized carbons (Fsp3) is 0.294. The summed E-state index contributed by atoms with van der Waals surface area (Å²) in [4.78, 5) is 0. The third-order valence-corrected chi connectivity index (χ3v) is 2.86. The first-order valence-corrected chi connectivity index (χ1v) is 6.80. The lowest BCUT2D eigenvalue weighted by molar-refractivity contribution is 0.412. The highest BCUT2D eigenvalue weighted by molar-refractivity contribution is 5.38. The Bertz CT molecular complexity index is 620. The largest absolute Gasteiger partial charge is 0.457 e. The van der Waals surface area contributed by atoms with Gasteiger partial charge in [-0.05, 0) is 51.1 Å². The second-order valence-corrected chi connectivity index (χ2v) is 5.92. The quantitative estimate of drug-likeness (QED) is 0.885. The number of nitrogens with one attached hydrogen (secondary N) is 1. The van der Waals surface area contributed by atoms with Crippen LogP contribution in [-0.2, 0) is 6.54 Å². The molecule has 21 heavy (non-hydrogen) atoms. The zero-order valence-corrected chi connectivity index (χ0v) is 12.4. The summed E-state index contributed by atoms with van der Waals surface area (Å²) in [5, 5.41) is 3.28. The fourth-order valence-electron chi connectivity index (χ4n) is 1.80. The van der Waals surface area contributed by atoms with Crippen molar-refractivity contribution >= 4 is 0 Å². The average Bonchev–Trinajstić information content (AvgIpc) is 2.38. The molecule has 0 aromatic heterocycles. The van der Waals surface area contributed by atoms with Crippen molar-refractivity contribution in [2.75, 3.05) is 0 Å². The average molecular weight is 291 g/mol. The number of rotatable bonds is 4. The second-order valence-electron chi connectivity index (χ2n) is 5.92. The van der Waals surface area contributed by atoms with Crippen molar-refractivity contribution in [3.8, 4) is 11.5 Å². The van der Waals surface area contributed by atoms with E-state index in [1.165, 1.54) is 24.3 Å². The van der Waals surface area contributed by atoms with Crippen LogP contribution in [0.4, 0.5) is 8.78 Å². The van der Waals surface area contributed by atoms with Gasteiger partial charge in [0.2, 0.25) is 0 Å². The number of ether oxygens (including phenoxy) is 1. The molecule has 0 spiro atoms. The van der Waals surface area contributed by atoms with Crippen LogP contribution in [0.2, 0.25) is 0 Å².